The third-order valence-electron chi connectivity index (χ3n) is 3.63. The molecule has 2 aromatic carbocycles. The van der Waals surface area contributed by atoms with Crippen molar-refractivity contribution in [2.75, 3.05) is 0 Å². The standard InChI is InChI=1S/C18H21BrO2/c1-11-7-12(2)17(13(3)8-11)10-21-18-6-5-15(19)9-16(18)14(4)20/h5-9,14,20H,10H2,1-4H3. The van der Waals surface area contributed by atoms with Gasteiger partial charge in [0.15, 0.2) is 0 Å². The predicted octanol–water partition coefficient (Wildman–Crippen LogP) is 5.01. The fourth-order valence-corrected chi connectivity index (χ4v) is 2.94. The van der Waals surface area contributed by atoms with Crippen molar-refractivity contribution in [1.29, 1.82) is 0 Å². The van der Waals surface area contributed by atoms with Crippen LogP contribution < -0.4 is 4.74 Å². The highest BCUT2D eigenvalue weighted by Gasteiger charge is 2.11. The van der Waals surface area contributed by atoms with E-state index >= 15 is 0 Å². The van der Waals surface area contributed by atoms with E-state index in [0.717, 1.165) is 15.8 Å². The van der Waals surface area contributed by atoms with E-state index in [1.807, 2.05) is 18.2 Å². The van der Waals surface area contributed by atoms with Gasteiger partial charge in [0, 0.05) is 10.0 Å². The number of aliphatic hydroxyl groups excluding tert-OH is 1. The molecule has 0 radical (unpaired) electrons. The first-order valence-corrected chi connectivity index (χ1v) is 7.85. The molecule has 112 valence electrons. The van der Waals surface area contributed by atoms with Crippen molar-refractivity contribution in [3.05, 3.63) is 62.6 Å². The highest BCUT2D eigenvalue weighted by molar-refractivity contribution is 9.10. The van der Waals surface area contributed by atoms with E-state index in [4.69, 9.17) is 4.74 Å². The van der Waals surface area contributed by atoms with Gasteiger partial charge in [0.25, 0.3) is 0 Å². The molecular formula is C18H21BrO2. The molecule has 0 bridgehead atoms. The normalized spacial score (nSPS) is 12.3. The summed E-state index contributed by atoms with van der Waals surface area (Å²) in [5, 5.41) is 9.87. The number of halogens is 1. The second-order valence-corrected chi connectivity index (χ2v) is 6.44. The van der Waals surface area contributed by atoms with Gasteiger partial charge < -0.3 is 9.84 Å². The minimum absolute atomic E-state index is 0.513. The Morgan fingerprint density at radius 2 is 1.71 bits per heavy atom. The summed E-state index contributed by atoms with van der Waals surface area (Å²) >= 11 is 3.43. The molecule has 21 heavy (non-hydrogen) atoms. The van der Waals surface area contributed by atoms with Crippen LogP contribution in [0.2, 0.25) is 0 Å². The molecule has 3 heteroatoms. The number of hydrogen-bond acceptors (Lipinski definition) is 2. The molecule has 0 heterocycles. The molecule has 0 amide bonds. The van der Waals surface area contributed by atoms with Crippen molar-refractivity contribution in [2.24, 2.45) is 0 Å². The largest absolute Gasteiger partial charge is 0.489 e. The lowest BCUT2D eigenvalue weighted by Gasteiger charge is -2.16. The molecular weight excluding hydrogens is 328 g/mol. The molecule has 0 aliphatic carbocycles. The van der Waals surface area contributed by atoms with E-state index in [1.165, 1.54) is 22.3 Å². The molecule has 1 unspecified atom stereocenters. The zero-order valence-corrected chi connectivity index (χ0v) is 14.5. The van der Waals surface area contributed by atoms with Crippen molar-refractivity contribution in [2.45, 2.75) is 40.4 Å². The number of ether oxygens (including phenoxy) is 1. The van der Waals surface area contributed by atoms with Crippen LogP contribution in [0.5, 0.6) is 5.75 Å². The van der Waals surface area contributed by atoms with E-state index in [9.17, 15) is 5.11 Å². The van der Waals surface area contributed by atoms with Crippen molar-refractivity contribution in [3.8, 4) is 5.75 Å². The first kappa shape index (κ1) is 16.1. The Morgan fingerprint density at radius 3 is 2.29 bits per heavy atom. The summed E-state index contributed by atoms with van der Waals surface area (Å²) in [6, 6.07) is 10.1. The first-order valence-electron chi connectivity index (χ1n) is 7.05. The van der Waals surface area contributed by atoms with E-state index < -0.39 is 6.10 Å². The molecule has 0 fully saturated rings. The van der Waals surface area contributed by atoms with Crippen LogP contribution in [0.25, 0.3) is 0 Å². The number of hydrogen-bond donors (Lipinski definition) is 1. The lowest BCUT2D eigenvalue weighted by molar-refractivity contribution is 0.190. The minimum atomic E-state index is -0.558. The van der Waals surface area contributed by atoms with Crippen molar-refractivity contribution >= 4 is 15.9 Å². The smallest absolute Gasteiger partial charge is 0.125 e. The Labute approximate surface area is 134 Å². The summed E-state index contributed by atoms with van der Waals surface area (Å²) in [5.74, 6) is 0.729. The van der Waals surface area contributed by atoms with E-state index in [2.05, 4.69) is 48.8 Å². The average Bonchev–Trinajstić information content (AvgIpc) is 2.38. The predicted molar refractivity (Wildman–Crippen MR) is 89.8 cm³/mol. The van der Waals surface area contributed by atoms with Gasteiger partial charge in [0.1, 0.15) is 12.4 Å². The van der Waals surface area contributed by atoms with Crippen LogP contribution in [0.1, 0.15) is 40.8 Å². The van der Waals surface area contributed by atoms with Gasteiger partial charge in [-0.2, -0.15) is 0 Å². The van der Waals surface area contributed by atoms with Gasteiger partial charge in [0.05, 0.1) is 6.10 Å². The molecule has 0 saturated carbocycles. The molecule has 2 aromatic rings. The van der Waals surface area contributed by atoms with Crippen LogP contribution in [0.15, 0.2) is 34.8 Å². The Hall–Kier alpha value is -1.32. The second kappa shape index (κ2) is 6.63. The molecule has 1 N–H and O–H groups in total. The van der Waals surface area contributed by atoms with E-state index in [-0.39, 0.29) is 0 Å². The van der Waals surface area contributed by atoms with Crippen LogP contribution in [-0.4, -0.2) is 5.11 Å². The number of aliphatic hydroxyl groups is 1. The average molecular weight is 349 g/mol. The molecule has 0 aromatic heterocycles. The van der Waals surface area contributed by atoms with Crippen LogP contribution in [-0.2, 0) is 6.61 Å². The van der Waals surface area contributed by atoms with Gasteiger partial charge in [-0.15, -0.1) is 0 Å². The molecule has 1 atom stereocenters. The lowest BCUT2D eigenvalue weighted by atomic mass is 10.0. The number of aryl methyl sites for hydroxylation is 3. The summed E-state index contributed by atoms with van der Waals surface area (Å²) in [4.78, 5) is 0. The van der Waals surface area contributed by atoms with Gasteiger partial charge in [0.2, 0.25) is 0 Å². The summed E-state index contributed by atoms with van der Waals surface area (Å²) in [6.07, 6.45) is -0.558. The van der Waals surface area contributed by atoms with E-state index in [0.29, 0.717) is 6.61 Å². The molecule has 0 aliphatic rings. The monoisotopic (exact) mass is 348 g/mol. The van der Waals surface area contributed by atoms with Crippen molar-refractivity contribution in [1.82, 2.24) is 0 Å². The highest BCUT2D eigenvalue weighted by atomic mass is 79.9. The van der Waals surface area contributed by atoms with Gasteiger partial charge in [-0.3, -0.25) is 0 Å². The summed E-state index contributed by atoms with van der Waals surface area (Å²) < 4.78 is 6.90. The molecule has 0 saturated heterocycles. The van der Waals surface area contributed by atoms with Crippen LogP contribution in [0.3, 0.4) is 0 Å². The molecule has 0 spiro atoms. The van der Waals surface area contributed by atoms with E-state index in [1.54, 1.807) is 6.92 Å². The molecule has 0 aliphatic heterocycles. The SMILES string of the molecule is Cc1cc(C)c(COc2ccc(Br)cc2C(C)O)c(C)c1. The molecule has 2 nitrogen and oxygen atoms in total. The van der Waals surface area contributed by atoms with Gasteiger partial charge in [-0.05, 0) is 62.6 Å². The zero-order valence-electron chi connectivity index (χ0n) is 12.9. The van der Waals surface area contributed by atoms with Crippen LogP contribution >= 0.6 is 15.9 Å². The Morgan fingerprint density at radius 1 is 1.10 bits per heavy atom. The fourth-order valence-electron chi connectivity index (χ4n) is 2.56. The second-order valence-electron chi connectivity index (χ2n) is 5.52. The third-order valence-corrected chi connectivity index (χ3v) is 4.13. The van der Waals surface area contributed by atoms with Crippen LogP contribution in [0.4, 0.5) is 0 Å². The van der Waals surface area contributed by atoms with Gasteiger partial charge in [-0.25, -0.2) is 0 Å². The summed E-state index contributed by atoms with van der Waals surface area (Å²) in [7, 11) is 0. The fraction of sp³-hybridized carbons (Fsp3) is 0.333. The quantitative estimate of drug-likeness (QED) is 0.841. The van der Waals surface area contributed by atoms with Crippen molar-refractivity contribution in [3.63, 3.8) is 0 Å². The maximum atomic E-state index is 9.87. The zero-order chi connectivity index (χ0) is 15.6. The Balaban J connectivity index is 2.25. The topological polar surface area (TPSA) is 29.5 Å². The molecule has 2 rings (SSSR count). The van der Waals surface area contributed by atoms with Gasteiger partial charge >= 0.3 is 0 Å². The lowest BCUT2D eigenvalue weighted by Crippen LogP contribution is -2.04. The number of benzene rings is 2. The Bertz CT molecular complexity index is 625. The first-order chi connectivity index (χ1) is 9.88. The number of rotatable bonds is 4. The highest BCUT2D eigenvalue weighted by Crippen LogP contribution is 2.29. The minimum Gasteiger partial charge on any atom is -0.489 e. The summed E-state index contributed by atoms with van der Waals surface area (Å²) in [5.41, 5.74) is 5.75. The van der Waals surface area contributed by atoms with Crippen LogP contribution in [0, 0.1) is 20.8 Å². The maximum absolute atomic E-state index is 9.87. The third kappa shape index (κ3) is 3.86. The van der Waals surface area contributed by atoms with Gasteiger partial charge in [-0.1, -0.05) is 33.6 Å². The summed E-state index contributed by atoms with van der Waals surface area (Å²) in [6.45, 7) is 8.58. The maximum Gasteiger partial charge on any atom is 0.125 e. The Kier molecular flexibility index (Phi) is 5.07. The van der Waals surface area contributed by atoms with Crippen molar-refractivity contribution < 1.29 is 9.84 Å².